The maximum Gasteiger partial charge on any atom is 0.338 e. The Balaban J connectivity index is 1.87. The minimum absolute atomic E-state index is 0.211. The van der Waals surface area contributed by atoms with Crippen LogP contribution in [0, 0.1) is 0 Å². The minimum Gasteiger partial charge on any atom is -0.449 e. The van der Waals surface area contributed by atoms with Crippen LogP contribution in [0.2, 0.25) is 0 Å². The molecule has 0 radical (unpaired) electrons. The zero-order valence-corrected chi connectivity index (χ0v) is 15.3. The number of amides is 2. The van der Waals surface area contributed by atoms with Gasteiger partial charge in [-0.3, -0.25) is 9.59 Å². The quantitative estimate of drug-likeness (QED) is 0.545. The topological polar surface area (TPSA) is 93.7 Å². The molecular formula is C18H20N2O5S. The van der Waals surface area contributed by atoms with Crippen LogP contribution < -0.4 is 10.6 Å². The number of esters is 1. The fraction of sp³-hybridized carbons (Fsp3) is 0.278. The second-order valence-electron chi connectivity index (χ2n) is 5.34. The molecule has 1 heterocycles. The SMILES string of the molecule is COCCNC(=O)[C@@H](C)OC(=O)c1ccc(NC(=O)c2cccs2)cc1. The molecule has 2 amide bonds. The summed E-state index contributed by atoms with van der Waals surface area (Å²) in [5, 5.41) is 7.16. The molecule has 2 aromatic rings. The van der Waals surface area contributed by atoms with Crippen LogP contribution in [-0.2, 0) is 14.3 Å². The number of hydrogen-bond acceptors (Lipinski definition) is 6. The van der Waals surface area contributed by atoms with Gasteiger partial charge in [0.1, 0.15) is 0 Å². The van der Waals surface area contributed by atoms with Gasteiger partial charge in [0.15, 0.2) is 6.10 Å². The Morgan fingerprint density at radius 3 is 2.50 bits per heavy atom. The van der Waals surface area contributed by atoms with E-state index in [1.165, 1.54) is 37.5 Å². The number of rotatable bonds is 8. The highest BCUT2D eigenvalue weighted by Gasteiger charge is 2.18. The Morgan fingerprint density at radius 2 is 1.88 bits per heavy atom. The van der Waals surface area contributed by atoms with Crippen LogP contribution in [0.25, 0.3) is 0 Å². The lowest BCUT2D eigenvalue weighted by molar-refractivity contribution is -0.129. The molecule has 0 aliphatic heterocycles. The molecule has 0 aliphatic rings. The van der Waals surface area contributed by atoms with Crippen molar-refractivity contribution in [1.82, 2.24) is 5.32 Å². The number of thiophene rings is 1. The van der Waals surface area contributed by atoms with Crippen molar-refractivity contribution in [2.45, 2.75) is 13.0 Å². The largest absolute Gasteiger partial charge is 0.449 e. The Kier molecular flexibility index (Phi) is 7.31. The number of carbonyl (C=O) groups excluding carboxylic acids is 3. The molecule has 0 aliphatic carbocycles. The van der Waals surface area contributed by atoms with Gasteiger partial charge < -0.3 is 20.1 Å². The normalized spacial score (nSPS) is 11.5. The highest BCUT2D eigenvalue weighted by Crippen LogP contribution is 2.15. The molecule has 0 spiro atoms. The molecule has 8 heteroatoms. The van der Waals surface area contributed by atoms with E-state index in [1.807, 2.05) is 5.38 Å². The fourth-order valence-electron chi connectivity index (χ4n) is 1.99. The first-order valence-corrected chi connectivity index (χ1v) is 8.81. The van der Waals surface area contributed by atoms with Crippen LogP contribution in [0.1, 0.15) is 27.0 Å². The summed E-state index contributed by atoms with van der Waals surface area (Å²) in [7, 11) is 1.53. The molecule has 0 saturated heterocycles. The molecular weight excluding hydrogens is 356 g/mol. The first kappa shape index (κ1) is 19.6. The van der Waals surface area contributed by atoms with E-state index in [1.54, 1.807) is 24.3 Å². The van der Waals surface area contributed by atoms with Gasteiger partial charge in [-0.2, -0.15) is 0 Å². The van der Waals surface area contributed by atoms with E-state index in [0.29, 0.717) is 23.7 Å². The van der Waals surface area contributed by atoms with Gasteiger partial charge >= 0.3 is 5.97 Å². The van der Waals surface area contributed by atoms with Crippen molar-refractivity contribution in [2.75, 3.05) is 25.6 Å². The van der Waals surface area contributed by atoms with E-state index in [4.69, 9.17) is 9.47 Å². The molecule has 1 aromatic heterocycles. The van der Waals surface area contributed by atoms with Crippen LogP contribution in [0.5, 0.6) is 0 Å². The van der Waals surface area contributed by atoms with Crippen molar-refractivity contribution in [3.63, 3.8) is 0 Å². The highest BCUT2D eigenvalue weighted by molar-refractivity contribution is 7.12. The second-order valence-corrected chi connectivity index (χ2v) is 6.29. The van der Waals surface area contributed by atoms with Crippen molar-refractivity contribution in [3.8, 4) is 0 Å². The third-order valence-electron chi connectivity index (χ3n) is 3.38. The lowest BCUT2D eigenvalue weighted by Gasteiger charge is -2.13. The van der Waals surface area contributed by atoms with Crippen LogP contribution in [0.15, 0.2) is 41.8 Å². The van der Waals surface area contributed by atoms with Gasteiger partial charge in [0.05, 0.1) is 17.0 Å². The minimum atomic E-state index is -0.919. The third-order valence-corrected chi connectivity index (χ3v) is 4.25. The molecule has 138 valence electrons. The van der Waals surface area contributed by atoms with Crippen molar-refractivity contribution in [1.29, 1.82) is 0 Å². The van der Waals surface area contributed by atoms with E-state index in [0.717, 1.165) is 0 Å². The molecule has 2 N–H and O–H groups in total. The summed E-state index contributed by atoms with van der Waals surface area (Å²) in [5.41, 5.74) is 0.848. The lowest BCUT2D eigenvalue weighted by atomic mass is 10.2. The van der Waals surface area contributed by atoms with Crippen LogP contribution >= 0.6 is 11.3 Å². The predicted molar refractivity (Wildman–Crippen MR) is 98.5 cm³/mol. The Morgan fingerprint density at radius 1 is 1.15 bits per heavy atom. The van der Waals surface area contributed by atoms with Crippen LogP contribution in [0.4, 0.5) is 5.69 Å². The summed E-state index contributed by atoms with van der Waals surface area (Å²) in [5.74, 6) is -1.22. The molecule has 7 nitrogen and oxygen atoms in total. The number of benzene rings is 1. The van der Waals surface area contributed by atoms with Crippen molar-refractivity contribution < 1.29 is 23.9 Å². The summed E-state index contributed by atoms with van der Waals surface area (Å²) in [6.07, 6.45) is -0.919. The monoisotopic (exact) mass is 376 g/mol. The Bertz CT molecular complexity index is 743. The standard InChI is InChI=1S/C18H20N2O5S/c1-12(16(21)19-9-10-24-2)25-18(23)13-5-7-14(8-6-13)20-17(22)15-4-3-11-26-15/h3-8,11-12H,9-10H2,1-2H3,(H,19,21)(H,20,22)/t12-/m1/s1. The Hall–Kier alpha value is -2.71. The fourth-order valence-corrected chi connectivity index (χ4v) is 2.61. The third kappa shape index (κ3) is 5.68. The lowest BCUT2D eigenvalue weighted by Crippen LogP contribution is -2.37. The molecule has 2 rings (SSSR count). The zero-order valence-electron chi connectivity index (χ0n) is 14.5. The van der Waals surface area contributed by atoms with Gasteiger partial charge in [-0.15, -0.1) is 11.3 Å². The van der Waals surface area contributed by atoms with E-state index in [9.17, 15) is 14.4 Å². The molecule has 0 bridgehead atoms. The van der Waals surface area contributed by atoms with Gasteiger partial charge in [0, 0.05) is 19.3 Å². The first-order valence-electron chi connectivity index (χ1n) is 7.94. The van der Waals surface area contributed by atoms with Gasteiger partial charge in [-0.25, -0.2) is 4.79 Å². The van der Waals surface area contributed by atoms with Gasteiger partial charge in [0.2, 0.25) is 0 Å². The molecule has 1 aromatic carbocycles. The second kappa shape index (κ2) is 9.69. The number of anilines is 1. The number of hydrogen-bond donors (Lipinski definition) is 2. The molecule has 0 fully saturated rings. The number of methoxy groups -OCH3 is 1. The number of ether oxygens (including phenoxy) is 2. The summed E-state index contributed by atoms with van der Waals surface area (Å²) in [4.78, 5) is 36.5. The highest BCUT2D eigenvalue weighted by atomic mass is 32.1. The first-order chi connectivity index (χ1) is 12.5. The van der Waals surface area contributed by atoms with E-state index in [2.05, 4.69) is 10.6 Å². The number of carbonyl (C=O) groups is 3. The van der Waals surface area contributed by atoms with Crippen LogP contribution in [-0.4, -0.2) is 44.1 Å². The maximum absolute atomic E-state index is 12.1. The summed E-state index contributed by atoms with van der Waals surface area (Å²) in [6, 6.07) is 9.79. The van der Waals surface area contributed by atoms with Crippen molar-refractivity contribution in [3.05, 3.63) is 52.2 Å². The molecule has 0 saturated carbocycles. The van der Waals surface area contributed by atoms with E-state index in [-0.39, 0.29) is 11.5 Å². The van der Waals surface area contributed by atoms with Crippen molar-refractivity contribution >= 4 is 34.8 Å². The van der Waals surface area contributed by atoms with E-state index < -0.39 is 18.0 Å². The smallest absolute Gasteiger partial charge is 0.338 e. The van der Waals surface area contributed by atoms with Gasteiger partial charge in [-0.05, 0) is 42.6 Å². The number of nitrogens with one attached hydrogen (secondary N) is 2. The average molecular weight is 376 g/mol. The maximum atomic E-state index is 12.1. The van der Waals surface area contributed by atoms with Gasteiger partial charge in [0.25, 0.3) is 11.8 Å². The van der Waals surface area contributed by atoms with Crippen LogP contribution in [0.3, 0.4) is 0 Å². The average Bonchev–Trinajstić information content (AvgIpc) is 3.17. The predicted octanol–water partition coefficient (Wildman–Crippen LogP) is 2.31. The molecule has 0 unspecified atom stereocenters. The molecule has 26 heavy (non-hydrogen) atoms. The summed E-state index contributed by atoms with van der Waals surface area (Å²) >= 11 is 1.34. The Labute approximate surface area is 155 Å². The summed E-state index contributed by atoms with van der Waals surface area (Å²) < 4.78 is 9.96. The summed E-state index contributed by atoms with van der Waals surface area (Å²) in [6.45, 7) is 2.22. The van der Waals surface area contributed by atoms with Gasteiger partial charge in [-0.1, -0.05) is 6.07 Å². The molecule has 1 atom stereocenters. The van der Waals surface area contributed by atoms with Crippen molar-refractivity contribution in [2.24, 2.45) is 0 Å². The van der Waals surface area contributed by atoms with E-state index >= 15 is 0 Å². The zero-order chi connectivity index (χ0) is 18.9.